The number of halogens is 1. The second-order valence-electron chi connectivity index (χ2n) is 2.29. The molecule has 0 aliphatic heterocycles. The minimum atomic E-state index is -0.641. The van der Waals surface area contributed by atoms with Crippen LogP contribution in [0.2, 0.25) is 5.02 Å². The summed E-state index contributed by atoms with van der Waals surface area (Å²) in [6.45, 7) is 0. The molecule has 2 rings (SSSR count). The topological polar surface area (TPSA) is 55.4 Å². The molecule has 0 saturated heterocycles. The van der Waals surface area contributed by atoms with Crippen molar-refractivity contribution in [2.45, 2.75) is 0 Å². The van der Waals surface area contributed by atoms with Crippen LogP contribution >= 0.6 is 11.6 Å². The van der Waals surface area contributed by atoms with Crippen LogP contribution in [0.4, 0.5) is 0 Å². The number of rotatable bonds is 0. The van der Waals surface area contributed by atoms with Gasteiger partial charge in [-0.2, -0.15) is 0 Å². The van der Waals surface area contributed by atoms with E-state index in [0.29, 0.717) is 4.90 Å². The van der Waals surface area contributed by atoms with Crippen LogP contribution in [0, 0.1) is 0 Å². The van der Waals surface area contributed by atoms with Gasteiger partial charge in [-0.15, -0.1) is 0 Å². The number of hydrogen-bond acceptors (Lipinski definition) is 3. The van der Waals surface area contributed by atoms with Crippen molar-refractivity contribution in [1.82, 2.24) is 4.90 Å². The minimum Gasteiger partial charge on any atom is -0.400 e. The molecule has 1 aromatic carbocycles. The van der Waals surface area contributed by atoms with Crippen molar-refractivity contribution in [3.63, 3.8) is 0 Å². The largest absolute Gasteiger partial charge is 0.400 e. The first kappa shape index (κ1) is 7.24. The van der Waals surface area contributed by atoms with Gasteiger partial charge >= 0.3 is 5.63 Å². The van der Waals surface area contributed by atoms with Crippen LogP contribution in [0.15, 0.2) is 27.5 Å². The van der Waals surface area contributed by atoms with Crippen LogP contribution in [0.1, 0.15) is 0 Å². The predicted octanol–water partition coefficient (Wildman–Crippen LogP) is 1.49. The molecule has 1 aromatic heterocycles. The van der Waals surface area contributed by atoms with E-state index in [0.717, 1.165) is 0 Å². The Morgan fingerprint density at radius 3 is 2.92 bits per heavy atom. The van der Waals surface area contributed by atoms with Crippen molar-refractivity contribution < 1.29 is 9.73 Å². The zero-order valence-electron chi connectivity index (χ0n) is 5.82. The molecule has 4 nitrogen and oxygen atoms in total. The Morgan fingerprint density at radius 2 is 2.25 bits per heavy atom. The standard InChI is InChI=1S/C7H4ClNO3/c8-4-2-1-3-5-6(4)7(10)12-9(5)11/h1-3,11H. The molecule has 0 atom stereocenters. The molecule has 0 fully saturated rings. The highest BCUT2D eigenvalue weighted by Crippen LogP contribution is 2.19. The van der Waals surface area contributed by atoms with Crippen LogP contribution in [0.25, 0.3) is 10.9 Å². The first-order chi connectivity index (χ1) is 5.70. The molecule has 62 valence electrons. The van der Waals surface area contributed by atoms with Crippen molar-refractivity contribution in [1.29, 1.82) is 0 Å². The van der Waals surface area contributed by atoms with E-state index in [-0.39, 0.29) is 15.9 Å². The van der Waals surface area contributed by atoms with Crippen molar-refractivity contribution in [3.8, 4) is 0 Å². The number of fused-ring (bicyclic) bond motifs is 1. The van der Waals surface area contributed by atoms with Gasteiger partial charge in [-0.05, 0) is 17.0 Å². The molecule has 0 amide bonds. The maximum absolute atomic E-state index is 11.0. The van der Waals surface area contributed by atoms with Gasteiger partial charge in [0.25, 0.3) is 0 Å². The van der Waals surface area contributed by atoms with E-state index in [1.54, 1.807) is 12.1 Å². The fourth-order valence-electron chi connectivity index (χ4n) is 1.05. The van der Waals surface area contributed by atoms with Crippen LogP contribution in [0.5, 0.6) is 0 Å². The summed E-state index contributed by atoms with van der Waals surface area (Å²) in [6, 6.07) is 4.71. The van der Waals surface area contributed by atoms with Crippen LogP contribution in [-0.4, -0.2) is 10.1 Å². The van der Waals surface area contributed by atoms with Crippen LogP contribution < -0.4 is 5.63 Å². The molecule has 0 bridgehead atoms. The van der Waals surface area contributed by atoms with E-state index >= 15 is 0 Å². The van der Waals surface area contributed by atoms with E-state index in [1.165, 1.54) is 6.07 Å². The summed E-state index contributed by atoms with van der Waals surface area (Å²) < 4.78 is 4.38. The van der Waals surface area contributed by atoms with E-state index in [1.807, 2.05) is 0 Å². The molecule has 2 aromatic rings. The maximum atomic E-state index is 11.0. The van der Waals surface area contributed by atoms with Gasteiger partial charge in [0.2, 0.25) is 0 Å². The molecule has 5 heteroatoms. The van der Waals surface area contributed by atoms with Crippen molar-refractivity contribution in [2.75, 3.05) is 0 Å². The molecule has 1 heterocycles. The summed E-state index contributed by atoms with van der Waals surface area (Å²) in [5.74, 6) is 0. The predicted molar refractivity (Wildman–Crippen MR) is 42.7 cm³/mol. The molecular weight excluding hydrogens is 182 g/mol. The fourth-order valence-corrected chi connectivity index (χ4v) is 1.29. The highest BCUT2D eigenvalue weighted by Gasteiger charge is 2.10. The maximum Gasteiger partial charge on any atom is 0.371 e. The quantitative estimate of drug-likeness (QED) is 0.633. The first-order valence-corrected chi connectivity index (χ1v) is 3.58. The third-order valence-electron chi connectivity index (χ3n) is 1.57. The summed E-state index contributed by atoms with van der Waals surface area (Å²) in [7, 11) is 0. The Balaban J connectivity index is 3.09. The summed E-state index contributed by atoms with van der Waals surface area (Å²) in [5.41, 5.74) is -0.370. The Hall–Kier alpha value is -1.42. The molecule has 0 saturated carbocycles. The molecule has 0 unspecified atom stereocenters. The molecular formula is C7H4ClNO3. The van der Waals surface area contributed by atoms with Gasteiger partial charge in [0, 0.05) is 0 Å². The summed E-state index contributed by atoms with van der Waals surface area (Å²) >= 11 is 5.69. The van der Waals surface area contributed by atoms with Crippen molar-refractivity contribution in [2.24, 2.45) is 0 Å². The summed E-state index contributed by atoms with van der Waals surface area (Å²) in [6.07, 6.45) is 0. The zero-order chi connectivity index (χ0) is 8.72. The monoisotopic (exact) mass is 185 g/mol. The number of benzene rings is 1. The molecule has 12 heavy (non-hydrogen) atoms. The number of nitrogens with zero attached hydrogens (tertiary/aromatic N) is 1. The van der Waals surface area contributed by atoms with Gasteiger partial charge in [0.15, 0.2) is 0 Å². The van der Waals surface area contributed by atoms with Gasteiger partial charge in [-0.3, -0.25) is 0 Å². The third-order valence-corrected chi connectivity index (χ3v) is 1.89. The molecule has 1 N–H and O–H groups in total. The highest BCUT2D eigenvalue weighted by molar-refractivity contribution is 6.35. The lowest BCUT2D eigenvalue weighted by atomic mass is 10.2. The lowest BCUT2D eigenvalue weighted by Crippen LogP contribution is -1.92. The highest BCUT2D eigenvalue weighted by atomic mass is 35.5. The minimum absolute atomic E-state index is 0.196. The molecule has 0 radical (unpaired) electrons. The first-order valence-electron chi connectivity index (χ1n) is 3.20. The van der Waals surface area contributed by atoms with Crippen LogP contribution in [0.3, 0.4) is 0 Å². The number of hydrogen-bond donors (Lipinski definition) is 1. The van der Waals surface area contributed by atoms with E-state index in [4.69, 9.17) is 16.8 Å². The van der Waals surface area contributed by atoms with Gasteiger partial charge in [0.1, 0.15) is 10.9 Å². The second kappa shape index (κ2) is 2.28. The fraction of sp³-hybridized carbons (Fsp3) is 0. The van der Waals surface area contributed by atoms with E-state index < -0.39 is 5.63 Å². The Labute approximate surface area is 71.5 Å². The average molecular weight is 186 g/mol. The molecule has 0 spiro atoms. The molecule has 0 aliphatic carbocycles. The van der Waals surface area contributed by atoms with Gasteiger partial charge < -0.3 is 9.73 Å². The Kier molecular flexibility index (Phi) is 1.38. The Bertz CT molecular complexity index is 485. The lowest BCUT2D eigenvalue weighted by molar-refractivity contribution is 0.0142. The summed E-state index contributed by atoms with van der Waals surface area (Å²) in [5, 5.41) is 9.48. The van der Waals surface area contributed by atoms with E-state index in [2.05, 4.69) is 4.52 Å². The van der Waals surface area contributed by atoms with Crippen molar-refractivity contribution in [3.05, 3.63) is 33.6 Å². The van der Waals surface area contributed by atoms with Crippen LogP contribution in [-0.2, 0) is 0 Å². The third kappa shape index (κ3) is 0.816. The smallest absolute Gasteiger partial charge is 0.371 e. The molecule has 0 aliphatic rings. The number of aromatic nitrogens is 1. The Morgan fingerprint density at radius 1 is 1.50 bits per heavy atom. The average Bonchev–Trinajstić information content (AvgIpc) is 2.29. The normalized spacial score (nSPS) is 10.8. The zero-order valence-corrected chi connectivity index (χ0v) is 6.58. The summed E-state index contributed by atoms with van der Waals surface area (Å²) in [4.78, 5) is 11.4. The van der Waals surface area contributed by atoms with E-state index in [9.17, 15) is 4.79 Å². The van der Waals surface area contributed by atoms with Gasteiger partial charge in [-0.25, -0.2) is 4.79 Å². The second-order valence-corrected chi connectivity index (χ2v) is 2.69. The van der Waals surface area contributed by atoms with Gasteiger partial charge in [-0.1, -0.05) is 17.7 Å². The van der Waals surface area contributed by atoms with Gasteiger partial charge in [0.05, 0.1) is 5.02 Å². The SMILES string of the molecule is O=c1on(O)c2cccc(Cl)c12. The lowest BCUT2D eigenvalue weighted by Gasteiger charge is -1.89. The van der Waals surface area contributed by atoms with Crippen molar-refractivity contribution >= 4 is 22.5 Å².